The van der Waals surface area contributed by atoms with Crippen molar-refractivity contribution in [1.29, 1.82) is 0 Å². The summed E-state index contributed by atoms with van der Waals surface area (Å²) >= 11 is 0. The molecular weight excluding hydrogens is 578 g/mol. The lowest BCUT2D eigenvalue weighted by Gasteiger charge is -2.29. The number of hydrogen-bond acceptors (Lipinski definition) is 7. The minimum atomic E-state index is -4.32. The molecule has 0 spiro atoms. The molecule has 0 unspecified atom stereocenters. The number of urea groups is 1. The number of aromatic nitrogens is 3. The number of anilines is 1. The molecule has 3 heterocycles. The molecule has 3 aliphatic rings. The van der Waals surface area contributed by atoms with Crippen LogP contribution in [-0.2, 0) is 22.9 Å². The molecule has 0 atom stereocenters. The molecule has 2 aliphatic carbocycles. The maximum Gasteiger partial charge on any atom is 0.333 e. The van der Waals surface area contributed by atoms with Gasteiger partial charge in [-0.15, -0.1) is 0 Å². The number of carbonyl (C=O) groups excluding carboxylic acids is 1. The Balaban J connectivity index is 1.23. The van der Waals surface area contributed by atoms with Crippen molar-refractivity contribution in [1.82, 2.24) is 24.4 Å². The number of sulfonamides is 1. The zero-order chi connectivity index (χ0) is 30.3. The van der Waals surface area contributed by atoms with Crippen LogP contribution in [0.25, 0.3) is 11.1 Å². The fourth-order valence-corrected chi connectivity index (χ4v) is 6.98. The first-order valence-electron chi connectivity index (χ1n) is 14.5. The highest BCUT2D eigenvalue weighted by atomic mass is 32.2. The van der Waals surface area contributed by atoms with E-state index in [2.05, 4.69) is 38.1 Å². The molecule has 2 aromatic heterocycles. The molecule has 10 nitrogen and oxygen atoms in total. The lowest BCUT2D eigenvalue weighted by atomic mass is 9.87. The molecule has 2 N–H and O–H groups in total. The molecule has 13 heteroatoms. The van der Waals surface area contributed by atoms with Gasteiger partial charge in [-0.3, -0.25) is 4.68 Å². The van der Waals surface area contributed by atoms with Crippen molar-refractivity contribution in [2.24, 2.45) is 0 Å². The number of benzene rings is 1. The number of nitrogens with zero attached hydrogens (tertiary/aromatic N) is 4. The molecule has 2 amide bonds. The van der Waals surface area contributed by atoms with E-state index in [0.29, 0.717) is 11.6 Å². The molecule has 0 radical (unpaired) electrons. The van der Waals surface area contributed by atoms with Gasteiger partial charge < -0.3 is 15.0 Å². The van der Waals surface area contributed by atoms with Gasteiger partial charge in [0.1, 0.15) is 6.10 Å². The van der Waals surface area contributed by atoms with Crippen molar-refractivity contribution < 1.29 is 26.7 Å². The number of ether oxygens (including phenoxy) is 1. The summed E-state index contributed by atoms with van der Waals surface area (Å²) < 4.78 is 61.2. The van der Waals surface area contributed by atoms with Crippen LogP contribution in [0.5, 0.6) is 5.88 Å². The Kier molecular flexibility index (Phi) is 7.94. The lowest BCUT2D eigenvalue weighted by molar-refractivity contribution is 0.110. The van der Waals surface area contributed by atoms with E-state index in [1.165, 1.54) is 16.9 Å². The van der Waals surface area contributed by atoms with Crippen molar-refractivity contribution in [3.8, 4) is 17.0 Å². The second-order valence-corrected chi connectivity index (χ2v) is 13.2. The predicted molar refractivity (Wildman–Crippen MR) is 157 cm³/mol. The predicted octanol–water partition coefficient (Wildman–Crippen LogP) is 5.21. The molecule has 1 saturated carbocycles. The smallest absolute Gasteiger partial charge is 0.333 e. The summed E-state index contributed by atoms with van der Waals surface area (Å²) in [5.74, 6) is 0.504. The quantitative estimate of drug-likeness (QED) is 0.376. The highest BCUT2D eigenvalue weighted by molar-refractivity contribution is 7.90. The number of piperidine rings is 1. The van der Waals surface area contributed by atoms with Gasteiger partial charge in [0.15, 0.2) is 5.03 Å². The number of fused-ring (bicyclic) bond motifs is 1. The number of carbonyl (C=O) groups is 1. The molecule has 43 heavy (non-hydrogen) atoms. The van der Waals surface area contributed by atoms with E-state index < -0.39 is 22.1 Å². The first-order valence-corrected chi connectivity index (χ1v) is 15.9. The van der Waals surface area contributed by atoms with Crippen molar-refractivity contribution in [3.63, 3.8) is 0 Å². The summed E-state index contributed by atoms with van der Waals surface area (Å²) in [6.07, 6.45) is 6.05. The molecule has 1 aliphatic heterocycles. The van der Waals surface area contributed by atoms with Crippen LogP contribution in [0.1, 0.15) is 54.8 Å². The van der Waals surface area contributed by atoms with Crippen molar-refractivity contribution >= 4 is 21.7 Å². The van der Waals surface area contributed by atoms with Gasteiger partial charge in [0.05, 0.1) is 11.7 Å². The molecule has 1 saturated heterocycles. The van der Waals surface area contributed by atoms with Crippen LogP contribution in [0.3, 0.4) is 0 Å². The van der Waals surface area contributed by atoms with Crippen molar-refractivity contribution in [2.45, 2.75) is 69.0 Å². The SMILES string of the molecule is Cc1cc2c(c(NC(=O)NS(=O)(=O)c3ccn(C4CC(=C(F)F)C4)n3)c1-c1ccnc(OC3CCN(C)CC3)c1)CCC2. The summed E-state index contributed by atoms with van der Waals surface area (Å²) in [5, 5.41) is 6.52. The Morgan fingerprint density at radius 2 is 1.88 bits per heavy atom. The van der Waals surface area contributed by atoms with Crippen molar-refractivity contribution in [2.75, 3.05) is 25.5 Å². The Hall–Kier alpha value is -3.84. The Bertz CT molecular complexity index is 1690. The van der Waals surface area contributed by atoms with E-state index in [9.17, 15) is 22.0 Å². The first-order chi connectivity index (χ1) is 20.6. The average molecular weight is 613 g/mol. The van der Waals surface area contributed by atoms with E-state index in [1.807, 2.05) is 19.1 Å². The van der Waals surface area contributed by atoms with E-state index in [4.69, 9.17) is 4.74 Å². The molecule has 6 rings (SSSR count). The number of nitrogens with one attached hydrogen (secondary N) is 2. The minimum Gasteiger partial charge on any atom is -0.474 e. The van der Waals surface area contributed by atoms with Crippen LogP contribution >= 0.6 is 0 Å². The number of allylic oxidation sites excluding steroid dienone is 1. The van der Waals surface area contributed by atoms with Gasteiger partial charge in [-0.05, 0) is 98.9 Å². The van der Waals surface area contributed by atoms with Crippen molar-refractivity contribution in [3.05, 3.63) is 65.0 Å². The minimum absolute atomic E-state index is 0.0404. The third-order valence-electron chi connectivity index (χ3n) is 8.50. The molecule has 2 fully saturated rings. The monoisotopic (exact) mass is 612 g/mol. The number of pyridine rings is 1. The number of likely N-dealkylation sites (tertiary alicyclic amines) is 1. The highest BCUT2D eigenvalue weighted by Gasteiger charge is 2.31. The summed E-state index contributed by atoms with van der Waals surface area (Å²) in [4.78, 5) is 19.9. The van der Waals surface area contributed by atoms with Crippen LogP contribution in [0.4, 0.5) is 19.3 Å². The van der Waals surface area contributed by atoms with Gasteiger partial charge in [0.2, 0.25) is 5.88 Å². The summed E-state index contributed by atoms with van der Waals surface area (Å²) in [6.45, 7) is 3.88. The van der Waals surface area contributed by atoms with Crippen LogP contribution in [0.2, 0.25) is 0 Å². The summed E-state index contributed by atoms with van der Waals surface area (Å²) in [7, 11) is -2.23. The largest absolute Gasteiger partial charge is 0.474 e. The number of rotatable bonds is 7. The summed E-state index contributed by atoms with van der Waals surface area (Å²) in [5.41, 5.74) is 5.22. The van der Waals surface area contributed by atoms with Gasteiger partial charge in [0.25, 0.3) is 16.1 Å². The fourth-order valence-electron chi connectivity index (χ4n) is 6.14. The van der Waals surface area contributed by atoms with Crippen LogP contribution in [-0.4, -0.2) is 60.4 Å². The van der Waals surface area contributed by atoms with E-state index in [-0.39, 0.29) is 35.6 Å². The number of halogens is 2. The Labute approximate surface area is 249 Å². The standard InChI is InChI=1S/C30H34F2N6O4S/c1-18-14-19-4-3-5-24(19)28(27(18)20-6-10-33-25(17-20)42-23-7-11-37(2)12-8-23)34-30(39)36-43(40,41)26-9-13-38(35-26)22-15-21(16-22)29(31)32/h6,9-10,13-14,17,22-23H,3-5,7-8,11-12,15-16H2,1-2H3,(H2,34,36,39). The van der Waals surface area contributed by atoms with Gasteiger partial charge in [-0.25, -0.2) is 14.5 Å². The highest BCUT2D eigenvalue weighted by Crippen LogP contribution is 2.41. The zero-order valence-electron chi connectivity index (χ0n) is 24.1. The Morgan fingerprint density at radius 3 is 2.63 bits per heavy atom. The Morgan fingerprint density at radius 1 is 1.12 bits per heavy atom. The first kappa shape index (κ1) is 29.2. The number of aryl methyl sites for hydroxylation is 2. The molecular formula is C30H34F2N6O4S. The molecule has 0 bridgehead atoms. The number of hydrogen-bond donors (Lipinski definition) is 2. The topological polar surface area (TPSA) is 118 Å². The van der Waals surface area contributed by atoms with Gasteiger partial charge >= 0.3 is 6.03 Å². The van der Waals surface area contributed by atoms with Crippen LogP contribution < -0.4 is 14.8 Å². The van der Waals surface area contributed by atoms with Crippen LogP contribution in [0, 0.1) is 6.92 Å². The fraction of sp³-hybridized carbons (Fsp3) is 0.433. The number of amides is 2. The van der Waals surface area contributed by atoms with Gasteiger partial charge in [0, 0.05) is 37.1 Å². The third kappa shape index (κ3) is 6.14. The van der Waals surface area contributed by atoms with Gasteiger partial charge in [-0.1, -0.05) is 6.07 Å². The summed E-state index contributed by atoms with van der Waals surface area (Å²) in [6, 6.07) is 5.83. The van der Waals surface area contributed by atoms with Crippen LogP contribution in [0.15, 0.2) is 53.3 Å². The maximum absolute atomic E-state index is 13.2. The van der Waals surface area contributed by atoms with Gasteiger partial charge in [-0.2, -0.15) is 22.3 Å². The zero-order valence-corrected chi connectivity index (χ0v) is 24.9. The second kappa shape index (κ2) is 11.7. The third-order valence-corrected chi connectivity index (χ3v) is 9.73. The second-order valence-electron chi connectivity index (χ2n) is 11.6. The van der Waals surface area contributed by atoms with E-state index in [1.54, 1.807) is 6.20 Å². The molecule has 1 aromatic carbocycles. The normalized spacial score (nSPS) is 19.1. The average Bonchev–Trinajstić information content (AvgIpc) is 3.59. The molecule has 3 aromatic rings. The van der Waals surface area contributed by atoms with E-state index >= 15 is 0 Å². The molecule has 228 valence electrons. The maximum atomic E-state index is 13.2. The van der Waals surface area contributed by atoms with E-state index in [0.717, 1.165) is 73.0 Å². The lowest BCUT2D eigenvalue weighted by Crippen LogP contribution is -2.35.